The summed E-state index contributed by atoms with van der Waals surface area (Å²) in [4.78, 5) is 27.4. The molecule has 7 heteroatoms. The molecule has 4 rings (SSSR count). The van der Waals surface area contributed by atoms with Gasteiger partial charge in [-0.2, -0.15) is 0 Å². The van der Waals surface area contributed by atoms with Gasteiger partial charge in [0.25, 0.3) is 0 Å². The van der Waals surface area contributed by atoms with Crippen LogP contribution in [0.15, 0.2) is 23.8 Å². The number of carbonyl (C=O) groups is 2. The maximum Gasteiger partial charge on any atom is 0.342 e. The number of carbonyl (C=O) groups excluding carboxylic acids is 2. The summed E-state index contributed by atoms with van der Waals surface area (Å²) < 4.78 is 16.7. The molecule has 7 nitrogen and oxygen atoms in total. The molecule has 0 saturated carbocycles. The largest absolute Gasteiger partial charge is 0.459 e. The summed E-state index contributed by atoms with van der Waals surface area (Å²) in [5.74, 6) is -1.20. The topological polar surface area (TPSA) is 88.6 Å². The molecule has 25 heavy (non-hydrogen) atoms. The molecule has 1 spiro atoms. The van der Waals surface area contributed by atoms with Crippen LogP contribution in [0.2, 0.25) is 0 Å². The Kier molecular flexibility index (Phi) is 3.62. The second-order valence-electron chi connectivity index (χ2n) is 7.53. The first-order chi connectivity index (χ1) is 11.8. The molecule has 3 saturated heterocycles. The van der Waals surface area contributed by atoms with Crippen LogP contribution < -0.4 is 0 Å². The maximum absolute atomic E-state index is 12.8. The van der Waals surface area contributed by atoms with Gasteiger partial charge in [-0.1, -0.05) is 12.7 Å². The van der Waals surface area contributed by atoms with Gasteiger partial charge in [0.2, 0.25) is 0 Å². The van der Waals surface area contributed by atoms with Crippen molar-refractivity contribution in [1.29, 1.82) is 0 Å². The second kappa shape index (κ2) is 5.40. The van der Waals surface area contributed by atoms with E-state index in [0.717, 1.165) is 25.1 Å². The molecule has 4 aliphatic rings. The minimum absolute atomic E-state index is 0.0267. The maximum atomic E-state index is 12.8. The van der Waals surface area contributed by atoms with Gasteiger partial charge >= 0.3 is 11.9 Å². The highest BCUT2D eigenvalue weighted by Gasteiger charge is 2.63. The van der Waals surface area contributed by atoms with E-state index in [1.54, 1.807) is 6.92 Å². The fourth-order valence-electron chi connectivity index (χ4n) is 4.04. The normalized spacial score (nSPS) is 44.5. The second-order valence-corrected chi connectivity index (χ2v) is 7.53. The van der Waals surface area contributed by atoms with Gasteiger partial charge in [-0.25, -0.2) is 9.59 Å². The molecule has 0 radical (unpaired) electrons. The standard InChI is InChI=1S/C18H23NO6/c1-10-8-18(11(2)25-18)16(21)24-13-5-7-19-6-4-12(14(13)19)9-23-15(20)17(10,3)22/h4,11,13-14,22H,1,5-9H2,2-3H3/t11-,13+,14+,17-,18-/m0/s1. The Hall–Kier alpha value is -1.70. The summed E-state index contributed by atoms with van der Waals surface area (Å²) in [6, 6.07) is -0.0737. The fourth-order valence-corrected chi connectivity index (χ4v) is 4.04. The predicted molar refractivity (Wildman–Crippen MR) is 86.6 cm³/mol. The number of esters is 2. The Morgan fingerprint density at radius 2 is 2.08 bits per heavy atom. The lowest BCUT2D eigenvalue weighted by molar-refractivity contribution is -0.162. The molecule has 5 atom stereocenters. The number of rotatable bonds is 0. The summed E-state index contributed by atoms with van der Waals surface area (Å²) >= 11 is 0. The predicted octanol–water partition coefficient (Wildman–Crippen LogP) is 0.324. The molecule has 0 aromatic carbocycles. The SMILES string of the molecule is C=C1C[C@@]2(O[C@H]2C)C(=O)O[C@@H]2CCN3CC=C(COC(=O)[C@@]1(C)O)[C@H]23. The smallest absolute Gasteiger partial charge is 0.342 e. The third-order valence-corrected chi connectivity index (χ3v) is 5.94. The van der Waals surface area contributed by atoms with Crippen LogP contribution >= 0.6 is 0 Å². The van der Waals surface area contributed by atoms with E-state index in [-0.39, 0.29) is 36.9 Å². The number of hydrogen-bond acceptors (Lipinski definition) is 7. The van der Waals surface area contributed by atoms with Crippen LogP contribution in [0.25, 0.3) is 0 Å². The summed E-state index contributed by atoms with van der Waals surface area (Å²) in [6.45, 7) is 8.56. The summed E-state index contributed by atoms with van der Waals surface area (Å²) in [5.41, 5.74) is -1.96. The van der Waals surface area contributed by atoms with Crippen molar-refractivity contribution in [2.24, 2.45) is 0 Å². The van der Waals surface area contributed by atoms with Crippen LogP contribution in [0.3, 0.4) is 0 Å². The van der Waals surface area contributed by atoms with Crippen molar-refractivity contribution in [3.63, 3.8) is 0 Å². The van der Waals surface area contributed by atoms with E-state index >= 15 is 0 Å². The molecular formula is C18H23NO6. The van der Waals surface area contributed by atoms with Gasteiger partial charge in [-0.3, -0.25) is 4.90 Å². The van der Waals surface area contributed by atoms with Gasteiger partial charge in [0.15, 0.2) is 11.2 Å². The number of nitrogens with zero attached hydrogens (tertiary/aromatic N) is 1. The van der Waals surface area contributed by atoms with E-state index < -0.39 is 23.1 Å². The highest BCUT2D eigenvalue weighted by atomic mass is 16.7. The highest BCUT2D eigenvalue weighted by molar-refractivity contribution is 5.86. The lowest BCUT2D eigenvalue weighted by atomic mass is 9.87. The average Bonchev–Trinajstić information content (AvgIpc) is 2.91. The molecular weight excluding hydrogens is 326 g/mol. The van der Waals surface area contributed by atoms with Crippen LogP contribution in [0.4, 0.5) is 0 Å². The molecule has 0 aromatic rings. The third kappa shape index (κ3) is 2.45. The van der Waals surface area contributed by atoms with Crippen molar-refractivity contribution >= 4 is 11.9 Å². The Balaban J connectivity index is 1.67. The average molecular weight is 349 g/mol. The number of epoxide rings is 1. The summed E-state index contributed by atoms with van der Waals surface area (Å²) in [7, 11) is 0. The van der Waals surface area contributed by atoms with Gasteiger partial charge < -0.3 is 19.3 Å². The van der Waals surface area contributed by atoms with Crippen LogP contribution in [-0.2, 0) is 23.8 Å². The first kappa shape index (κ1) is 16.8. The monoisotopic (exact) mass is 349 g/mol. The zero-order chi connectivity index (χ0) is 18.0. The first-order valence-corrected chi connectivity index (χ1v) is 8.65. The van der Waals surface area contributed by atoms with E-state index in [4.69, 9.17) is 14.2 Å². The minimum atomic E-state index is -1.88. The van der Waals surface area contributed by atoms with E-state index in [1.807, 2.05) is 6.08 Å². The van der Waals surface area contributed by atoms with Crippen LogP contribution in [0.1, 0.15) is 26.7 Å². The zero-order valence-corrected chi connectivity index (χ0v) is 14.5. The van der Waals surface area contributed by atoms with Crippen molar-refractivity contribution in [3.05, 3.63) is 23.8 Å². The zero-order valence-electron chi connectivity index (χ0n) is 14.5. The van der Waals surface area contributed by atoms with E-state index in [9.17, 15) is 14.7 Å². The summed E-state index contributed by atoms with van der Waals surface area (Å²) in [6.07, 6.45) is 2.15. The number of aliphatic hydroxyl groups is 1. The van der Waals surface area contributed by atoms with Gasteiger partial charge in [0.05, 0.1) is 12.1 Å². The lowest BCUT2D eigenvalue weighted by Crippen LogP contribution is -2.45. The molecule has 0 unspecified atom stereocenters. The molecule has 0 amide bonds. The molecule has 3 fully saturated rings. The van der Waals surface area contributed by atoms with Crippen LogP contribution in [0, 0.1) is 0 Å². The minimum Gasteiger partial charge on any atom is -0.459 e. The van der Waals surface area contributed by atoms with Crippen molar-refractivity contribution < 1.29 is 28.9 Å². The molecule has 4 heterocycles. The molecule has 136 valence electrons. The first-order valence-electron chi connectivity index (χ1n) is 8.65. The van der Waals surface area contributed by atoms with Crippen molar-refractivity contribution in [1.82, 2.24) is 4.90 Å². The van der Waals surface area contributed by atoms with E-state index in [0.29, 0.717) is 0 Å². The van der Waals surface area contributed by atoms with E-state index in [1.165, 1.54) is 6.92 Å². The molecule has 0 bridgehead atoms. The van der Waals surface area contributed by atoms with Gasteiger partial charge in [0, 0.05) is 19.5 Å². The molecule has 0 aromatic heterocycles. The Morgan fingerprint density at radius 3 is 2.76 bits per heavy atom. The Morgan fingerprint density at radius 1 is 1.36 bits per heavy atom. The Labute approximate surface area is 146 Å². The van der Waals surface area contributed by atoms with E-state index in [2.05, 4.69) is 11.5 Å². The van der Waals surface area contributed by atoms with Gasteiger partial charge in [-0.05, 0) is 31.4 Å². The fraction of sp³-hybridized carbons (Fsp3) is 0.667. The third-order valence-electron chi connectivity index (χ3n) is 5.94. The molecule has 4 aliphatic heterocycles. The van der Waals surface area contributed by atoms with Crippen molar-refractivity contribution in [3.8, 4) is 0 Å². The van der Waals surface area contributed by atoms with Gasteiger partial charge in [-0.15, -0.1) is 0 Å². The summed E-state index contributed by atoms with van der Waals surface area (Å²) in [5, 5.41) is 10.6. The quantitative estimate of drug-likeness (QED) is 0.383. The lowest BCUT2D eigenvalue weighted by Gasteiger charge is -2.30. The molecule has 0 aliphatic carbocycles. The number of cyclic esters (lactones) is 1. The Bertz CT molecular complexity index is 683. The van der Waals surface area contributed by atoms with Gasteiger partial charge in [0.1, 0.15) is 12.7 Å². The van der Waals surface area contributed by atoms with Crippen molar-refractivity contribution in [2.45, 2.75) is 56.1 Å². The van der Waals surface area contributed by atoms with Crippen LogP contribution in [0.5, 0.6) is 0 Å². The number of ether oxygens (including phenoxy) is 3. The number of hydrogen-bond donors (Lipinski definition) is 1. The van der Waals surface area contributed by atoms with Crippen molar-refractivity contribution in [2.75, 3.05) is 19.7 Å². The van der Waals surface area contributed by atoms with Crippen LogP contribution in [-0.4, -0.2) is 71.1 Å². The highest BCUT2D eigenvalue weighted by Crippen LogP contribution is 2.46. The molecule has 1 N–H and O–H groups in total.